The molecule has 0 radical (unpaired) electrons. The SMILES string of the molecule is Br.CCCCCCCCc1ccccc1O. The molecule has 16 heavy (non-hydrogen) atoms. The number of hydrogen-bond acceptors (Lipinski definition) is 1. The molecule has 1 aromatic carbocycles. The topological polar surface area (TPSA) is 20.2 Å². The van der Waals surface area contributed by atoms with E-state index in [0.29, 0.717) is 5.75 Å². The number of phenols is 1. The minimum absolute atomic E-state index is 0. The van der Waals surface area contributed by atoms with Gasteiger partial charge in [0.1, 0.15) is 5.75 Å². The number of benzene rings is 1. The minimum atomic E-state index is 0. The molecule has 92 valence electrons. The summed E-state index contributed by atoms with van der Waals surface area (Å²) in [6.45, 7) is 2.24. The van der Waals surface area contributed by atoms with Gasteiger partial charge in [-0.2, -0.15) is 0 Å². The highest BCUT2D eigenvalue weighted by Gasteiger charge is 1.98. The highest BCUT2D eigenvalue weighted by molar-refractivity contribution is 8.93. The summed E-state index contributed by atoms with van der Waals surface area (Å²) >= 11 is 0. The fraction of sp³-hybridized carbons (Fsp3) is 0.571. The Morgan fingerprint density at radius 1 is 0.938 bits per heavy atom. The number of hydrogen-bond donors (Lipinski definition) is 1. The van der Waals surface area contributed by atoms with Crippen LogP contribution in [-0.2, 0) is 6.42 Å². The van der Waals surface area contributed by atoms with Gasteiger partial charge >= 0.3 is 0 Å². The van der Waals surface area contributed by atoms with Crippen LogP contribution in [0.3, 0.4) is 0 Å². The van der Waals surface area contributed by atoms with E-state index in [0.717, 1.165) is 12.0 Å². The van der Waals surface area contributed by atoms with E-state index in [9.17, 15) is 5.11 Å². The normalized spacial score (nSPS) is 9.81. The van der Waals surface area contributed by atoms with E-state index in [1.165, 1.54) is 38.5 Å². The van der Waals surface area contributed by atoms with Crippen LogP contribution in [0.4, 0.5) is 0 Å². The van der Waals surface area contributed by atoms with E-state index in [-0.39, 0.29) is 17.0 Å². The first-order valence-corrected chi connectivity index (χ1v) is 6.11. The molecule has 0 unspecified atom stereocenters. The van der Waals surface area contributed by atoms with Gasteiger partial charge < -0.3 is 5.11 Å². The monoisotopic (exact) mass is 286 g/mol. The van der Waals surface area contributed by atoms with Gasteiger partial charge in [0, 0.05) is 0 Å². The zero-order valence-corrected chi connectivity index (χ0v) is 11.8. The molecular formula is C14H23BrO. The molecule has 0 amide bonds. The second-order valence-electron chi connectivity index (χ2n) is 4.15. The first-order chi connectivity index (χ1) is 7.34. The molecule has 0 aliphatic heterocycles. The van der Waals surface area contributed by atoms with Gasteiger partial charge in [-0.1, -0.05) is 57.2 Å². The average Bonchev–Trinajstić information content (AvgIpc) is 2.25. The number of unbranched alkanes of at least 4 members (excludes halogenated alkanes) is 5. The Labute approximate surface area is 110 Å². The zero-order chi connectivity index (χ0) is 10.9. The van der Waals surface area contributed by atoms with Crippen molar-refractivity contribution >= 4 is 17.0 Å². The summed E-state index contributed by atoms with van der Waals surface area (Å²) < 4.78 is 0. The molecule has 0 bridgehead atoms. The lowest BCUT2D eigenvalue weighted by Crippen LogP contribution is -1.86. The van der Waals surface area contributed by atoms with Gasteiger partial charge in [0.15, 0.2) is 0 Å². The Kier molecular flexibility index (Phi) is 9.40. The molecule has 0 aromatic heterocycles. The van der Waals surface area contributed by atoms with Gasteiger partial charge in [0.2, 0.25) is 0 Å². The van der Waals surface area contributed by atoms with Crippen molar-refractivity contribution in [2.45, 2.75) is 51.9 Å². The van der Waals surface area contributed by atoms with Crippen LogP contribution in [0.15, 0.2) is 24.3 Å². The molecule has 0 heterocycles. The molecule has 0 atom stereocenters. The fourth-order valence-corrected chi connectivity index (χ4v) is 1.82. The third-order valence-corrected chi connectivity index (χ3v) is 2.79. The molecule has 0 aliphatic carbocycles. The van der Waals surface area contributed by atoms with Gasteiger partial charge in [-0.05, 0) is 24.5 Å². The molecule has 0 saturated heterocycles. The summed E-state index contributed by atoms with van der Waals surface area (Å²) in [7, 11) is 0. The van der Waals surface area contributed by atoms with Crippen molar-refractivity contribution in [2.24, 2.45) is 0 Å². The lowest BCUT2D eigenvalue weighted by atomic mass is 10.0. The Balaban J connectivity index is 0.00000225. The lowest BCUT2D eigenvalue weighted by Gasteiger charge is -2.03. The molecule has 0 spiro atoms. The highest BCUT2D eigenvalue weighted by Crippen LogP contribution is 2.18. The standard InChI is InChI=1S/C14H22O.BrH/c1-2-3-4-5-6-7-10-13-11-8-9-12-14(13)15;/h8-9,11-12,15H,2-7,10H2,1H3;1H. The molecule has 0 fully saturated rings. The average molecular weight is 287 g/mol. The van der Waals surface area contributed by atoms with Crippen molar-refractivity contribution in [3.8, 4) is 5.75 Å². The van der Waals surface area contributed by atoms with Crippen LogP contribution in [0.2, 0.25) is 0 Å². The van der Waals surface area contributed by atoms with E-state index in [1.54, 1.807) is 6.07 Å². The van der Waals surface area contributed by atoms with E-state index in [1.807, 2.05) is 18.2 Å². The van der Waals surface area contributed by atoms with Crippen molar-refractivity contribution < 1.29 is 5.11 Å². The van der Waals surface area contributed by atoms with Crippen molar-refractivity contribution in [3.63, 3.8) is 0 Å². The number of para-hydroxylation sites is 1. The second kappa shape index (κ2) is 9.71. The summed E-state index contributed by atoms with van der Waals surface area (Å²) in [5, 5.41) is 9.55. The lowest BCUT2D eigenvalue weighted by molar-refractivity contribution is 0.466. The number of aromatic hydroxyl groups is 1. The number of aryl methyl sites for hydroxylation is 1. The number of phenolic OH excluding ortho intramolecular Hbond substituents is 1. The van der Waals surface area contributed by atoms with Gasteiger partial charge in [0.25, 0.3) is 0 Å². The van der Waals surface area contributed by atoms with Crippen molar-refractivity contribution in [1.82, 2.24) is 0 Å². The molecular weight excluding hydrogens is 264 g/mol. The fourth-order valence-electron chi connectivity index (χ4n) is 1.82. The molecule has 0 aliphatic rings. The van der Waals surface area contributed by atoms with Crippen LogP contribution in [0.1, 0.15) is 51.0 Å². The predicted octanol–water partition coefficient (Wildman–Crippen LogP) is 4.87. The van der Waals surface area contributed by atoms with Crippen LogP contribution in [-0.4, -0.2) is 5.11 Å². The van der Waals surface area contributed by atoms with Crippen molar-refractivity contribution in [3.05, 3.63) is 29.8 Å². The minimum Gasteiger partial charge on any atom is -0.508 e. The van der Waals surface area contributed by atoms with Gasteiger partial charge in [-0.15, -0.1) is 17.0 Å². The summed E-state index contributed by atoms with van der Waals surface area (Å²) in [4.78, 5) is 0. The summed E-state index contributed by atoms with van der Waals surface area (Å²) in [5.74, 6) is 0.450. The maximum absolute atomic E-state index is 9.55. The molecule has 2 heteroatoms. The molecule has 1 nitrogen and oxygen atoms in total. The summed E-state index contributed by atoms with van der Waals surface area (Å²) in [6, 6.07) is 7.65. The van der Waals surface area contributed by atoms with Gasteiger partial charge in [-0.3, -0.25) is 0 Å². The number of rotatable bonds is 7. The van der Waals surface area contributed by atoms with Crippen LogP contribution in [0, 0.1) is 0 Å². The third-order valence-electron chi connectivity index (χ3n) is 2.79. The third kappa shape index (κ3) is 6.16. The molecule has 1 N–H and O–H groups in total. The van der Waals surface area contributed by atoms with Gasteiger partial charge in [-0.25, -0.2) is 0 Å². The molecule has 1 rings (SSSR count). The first-order valence-electron chi connectivity index (χ1n) is 6.11. The predicted molar refractivity (Wildman–Crippen MR) is 75.5 cm³/mol. The first kappa shape index (κ1) is 15.5. The maximum Gasteiger partial charge on any atom is 0.118 e. The van der Waals surface area contributed by atoms with Crippen molar-refractivity contribution in [2.75, 3.05) is 0 Å². The van der Waals surface area contributed by atoms with E-state index >= 15 is 0 Å². The van der Waals surface area contributed by atoms with Gasteiger partial charge in [0.05, 0.1) is 0 Å². The smallest absolute Gasteiger partial charge is 0.118 e. The van der Waals surface area contributed by atoms with Crippen LogP contribution in [0.25, 0.3) is 0 Å². The largest absolute Gasteiger partial charge is 0.508 e. The van der Waals surface area contributed by atoms with Crippen LogP contribution < -0.4 is 0 Å². The summed E-state index contributed by atoms with van der Waals surface area (Å²) in [5.41, 5.74) is 1.09. The summed E-state index contributed by atoms with van der Waals surface area (Å²) in [6.07, 6.45) is 8.85. The van der Waals surface area contributed by atoms with E-state index < -0.39 is 0 Å². The van der Waals surface area contributed by atoms with Crippen molar-refractivity contribution in [1.29, 1.82) is 0 Å². The Morgan fingerprint density at radius 2 is 1.56 bits per heavy atom. The maximum atomic E-state index is 9.55. The van der Waals surface area contributed by atoms with E-state index in [2.05, 4.69) is 6.92 Å². The quantitative estimate of drug-likeness (QED) is 0.709. The van der Waals surface area contributed by atoms with Crippen LogP contribution >= 0.6 is 17.0 Å². The molecule has 1 aromatic rings. The Hall–Kier alpha value is -0.500. The Bertz CT molecular complexity index is 273. The highest BCUT2D eigenvalue weighted by atomic mass is 79.9. The zero-order valence-electron chi connectivity index (χ0n) is 10.1. The second-order valence-corrected chi connectivity index (χ2v) is 4.15. The Morgan fingerprint density at radius 3 is 2.25 bits per heavy atom. The molecule has 0 saturated carbocycles. The van der Waals surface area contributed by atoms with Crippen LogP contribution in [0.5, 0.6) is 5.75 Å². The number of halogens is 1. The van der Waals surface area contributed by atoms with E-state index in [4.69, 9.17) is 0 Å².